The van der Waals surface area contributed by atoms with Gasteiger partial charge < -0.3 is 9.13 Å². The highest BCUT2D eigenvalue weighted by atomic mass is 15.0. The summed E-state index contributed by atoms with van der Waals surface area (Å²) in [5.74, 6) is 0.523. The lowest BCUT2D eigenvalue weighted by Crippen LogP contribution is -2.05. The van der Waals surface area contributed by atoms with Gasteiger partial charge in [0.25, 0.3) is 0 Å². The Hall–Kier alpha value is -7.13. The van der Waals surface area contributed by atoms with Gasteiger partial charge in [0.05, 0.1) is 57.1 Å². The van der Waals surface area contributed by atoms with Gasteiger partial charge in [-0.2, -0.15) is 15.8 Å². The zero-order valence-corrected chi connectivity index (χ0v) is 27.8. The Morgan fingerprint density at radius 2 is 1.25 bits per heavy atom. The Kier molecular flexibility index (Phi) is 6.92. The summed E-state index contributed by atoms with van der Waals surface area (Å²) >= 11 is 0. The molecule has 0 spiro atoms. The van der Waals surface area contributed by atoms with Gasteiger partial charge in [-0.1, -0.05) is 79.7 Å². The molecule has 5 nitrogen and oxygen atoms in total. The van der Waals surface area contributed by atoms with Crippen LogP contribution in [0.15, 0.2) is 133 Å². The summed E-state index contributed by atoms with van der Waals surface area (Å²) in [4.78, 5) is 0. The largest absolute Gasteiger partial charge is 0.310 e. The molecule has 51 heavy (non-hydrogen) atoms. The van der Waals surface area contributed by atoms with Crippen molar-refractivity contribution in [1.29, 1.82) is 15.8 Å². The van der Waals surface area contributed by atoms with E-state index in [1.165, 1.54) is 22.2 Å². The molecule has 0 amide bonds. The number of fused-ring (bicyclic) bond motifs is 6. The average molecular weight is 652 g/mol. The number of aromatic nitrogens is 2. The van der Waals surface area contributed by atoms with E-state index in [1.54, 1.807) is 12.1 Å². The maximum absolute atomic E-state index is 10.3. The highest BCUT2D eigenvalue weighted by Gasteiger charge is 2.22. The van der Waals surface area contributed by atoms with Crippen molar-refractivity contribution in [2.45, 2.75) is 13.3 Å². The monoisotopic (exact) mass is 651 g/mol. The third kappa shape index (κ3) is 4.67. The van der Waals surface area contributed by atoms with Crippen LogP contribution in [-0.2, 0) is 6.42 Å². The van der Waals surface area contributed by atoms with Crippen LogP contribution < -0.4 is 0 Å². The maximum atomic E-state index is 10.3. The Labute approximate surface area is 295 Å². The molecule has 5 heteroatoms. The molecule has 0 saturated heterocycles. The molecule has 8 aromatic rings. The van der Waals surface area contributed by atoms with Crippen LogP contribution in [0.2, 0.25) is 0 Å². The van der Waals surface area contributed by atoms with E-state index in [0.29, 0.717) is 22.6 Å². The molecular formula is C46H29N5. The predicted molar refractivity (Wildman–Crippen MR) is 205 cm³/mol. The summed E-state index contributed by atoms with van der Waals surface area (Å²) in [5, 5.41) is 33.0. The van der Waals surface area contributed by atoms with Crippen molar-refractivity contribution in [2.24, 2.45) is 5.92 Å². The lowest BCUT2D eigenvalue weighted by atomic mass is 9.93. The highest BCUT2D eigenvalue weighted by Crippen LogP contribution is 2.40. The van der Waals surface area contributed by atoms with E-state index in [1.807, 2.05) is 42.5 Å². The number of hydrogen-bond donors (Lipinski definition) is 0. The lowest BCUT2D eigenvalue weighted by molar-refractivity contribution is 0.718. The molecule has 1 aliphatic carbocycles. The fourth-order valence-electron chi connectivity index (χ4n) is 7.89. The quantitative estimate of drug-likeness (QED) is 0.190. The predicted octanol–water partition coefficient (Wildman–Crippen LogP) is 10.9. The smallest absolute Gasteiger partial charge is 0.0998 e. The number of nitriles is 3. The van der Waals surface area contributed by atoms with Gasteiger partial charge in [0.1, 0.15) is 0 Å². The van der Waals surface area contributed by atoms with Crippen LogP contribution in [0, 0.1) is 39.9 Å². The van der Waals surface area contributed by atoms with Gasteiger partial charge in [0, 0.05) is 33.1 Å². The SMILES string of the molecule is CC1C=Cc2c(c3ccccc3n2-c2ccc(-c3ccc(-c4c(C#N)cccc4-n4c5ccc(C#N)cc5c5c(C#N)cccc54)cc3)cc2)C1. The molecule has 0 fully saturated rings. The van der Waals surface area contributed by atoms with Gasteiger partial charge in [-0.05, 0) is 101 Å². The summed E-state index contributed by atoms with van der Waals surface area (Å²) < 4.78 is 4.48. The van der Waals surface area contributed by atoms with Crippen molar-refractivity contribution in [1.82, 2.24) is 9.13 Å². The zero-order valence-electron chi connectivity index (χ0n) is 27.8. The molecule has 238 valence electrons. The number of nitrogens with zero attached hydrogens (tertiary/aromatic N) is 5. The Balaban J connectivity index is 1.14. The first kappa shape index (κ1) is 30.0. The number of benzene rings is 6. The number of rotatable bonds is 4. The maximum Gasteiger partial charge on any atom is 0.0998 e. The average Bonchev–Trinajstić information content (AvgIpc) is 3.69. The van der Waals surface area contributed by atoms with Crippen molar-refractivity contribution in [3.05, 3.63) is 161 Å². The first-order valence-corrected chi connectivity index (χ1v) is 17.0. The Morgan fingerprint density at radius 1 is 0.588 bits per heavy atom. The minimum absolute atomic E-state index is 0.523. The highest BCUT2D eigenvalue weighted by molar-refractivity contribution is 6.12. The van der Waals surface area contributed by atoms with E-state index in [-0.39, 0.29) is 0 Å². The summed E-state index contributed by atoms with van der Waals surface area (Å²) in [6.07, 6.45) is 5.62. The molecule has 0 aliphatic heterocycles. The minimum Gasteiger partial charge on any atom is -0.310 e. The van der Waals surface area contributed by atoms with Crippen molar-refractivity contribution in [2.75, 3.05) is 0 Å². The van der Waals surface area contributed by atoms with E-state index in [2.05, 4.69) is 119 Å². The van der Waals surface area contributed by atoms with Gasteiger partial charge in [-0.15, -0.1) is 0 Å². The van der Waals surface area contributed by atoms with Crippen molar-refractivity contribution in [3.8, 4) is 51.8 Å². The molecule has 1 unspecified atom stereocenters. The third-order valence-corrected chi connectivity index (χ3v) is 10.2. The third-order valence-electron chi connectivity index (χ3n) is 10.2. The van der Waals surface area contributed by atoms with E-state index in [4.69, 9.17) is 0 Å². The molecular weight excluding hydrogens is 623 g/mol. The fraction of sp³-hybridized carbons (Fsp3) is 0.0652. The van der Waals surface area contributed by atoms with Crippen LogP contribution in [0.4, 0.5) is 0 Å². The van der Waals surface area contributed by atoms with Crippen LogP contribution in [0.25, 0.3) is 72.4 Å². The van der Waals surface area contributed by atoms with E-state index < -0.39 is 0 Å². The van der Waals surface area contributed by atoms with Crippen molar-refractivity contribution in [3.63, 3.8) is 0 Å². The van der Waals surface area contributed by atoms with Crippen molar-refractivity contribution < 1.29 is 0 Å². The Bertz CT molecular complexity index is 2860. The molecule has 0 radical (unpaired) electrons. The second kappa shape index (κ2) is 11.8. The number of allylic oxidation sites excluding steroid dienone is 1. The molecule has 2 aromatic heterocycles. The molecule has 0 saturated carbocycles. The first-order chi connectivity index (χ1) is 25.1. The molecule has 0 bridgehead atoms. The molecule has 6 aromatic carbocycles. The van der Waals surface area contributed by atoms with E-state index >= 15 is 0 Å². The van der Waals surface area contributed by atoms with Crippen LogP contribution in [0.1, 0.15) is 34.9 Å². The molecule has 1 atom stereocenters. The topological polar surface area (TPSA) is 81.2 Å². The molecule has 1 aliphatic rings. The van der Waals surface area contributed by atoms with Gasteiger partial charge >= 0.3 is 0 Å². The van der Waals surface area contributed by atoms with Crippen LogP contribution in [0.5, 0.6) is 0 Å². The Morgan fingerprint density at radius 3 is 2.02 bits per heavy atom. The normalized spacial score (nSPS) is 13.6. The van der Waals surface area contributed by atoms with Gasteiger partial charge in [-0.3, -0.25) is 0 Å². The molecule has 2 heterocycles. The number of hydrogen-bond acceptors (Lipinski definition) is 3. The van der Waals surface area contributed by atoms with Crippen LogP contribution >= 0.6 is 0 Å². The van der Waals surface area contributed by atoms with Crippen molar-refractivity contribution >= 4 is 38.8 Å². The van der Waals surface area contributed by atoms with Crippen LogP contribution in [-0.4, -0.2) is 9.13 Å². The van der Waals surface area contributed by atoms with Gasteiger partial charge in [0.15, 0.2) is 0 Å². The van der Waals surface area contributed by atoms with Gasteiger partial charge in [-0.25, -0.2) is 0 Å². The van der Waals surface area contributed by atoms with Gasteiger partial charge in [0.2, 0.25) is 0 Å². The fourth-order valence-corrected chi connectivity index (χ4v) is 7.89. The first-order valence-electron chi connectivity index (χ1n) is 17.0. The zero-order chi connectivity index (χ0) is 34.6. The summed E-state index contributed by atoms with van der Waals surface area (Å²) in [5.41, 5.74) is 13.1. The minimum atomic E-state index is 0.523. The number of para-hydroxylation sites is 1. The summed E-state index contributed by atoms with van der Waals surface area (Å²) in [6, 6.07) is 49.7. The molecule has 9 rings (SSSR count). The van der Waals surface area contributed by atoms with E-state index in [0.717, 1.165) is 61.9 Å². The second-order valence-corrected chi connectivity index (χ2v) is 13.2. The van der Waals surface area contributed by atoms with E-state index in [9.17, 15) is 15.8 Å². The lowest BCUT2D eigenvalue weighted by Gasteiger charge is -2.16. The standard InChI is InChI=1S/C46H29N5/c1-29-12-22-41-38(24-29)37-8-2-3-9-40(37)50(41)36-20-18-32(19-21-36)31-14-16-33(17-15-31)45-34(27-48)6-4-10-43(45)51-42-23-13-30(26-47)25-39(42)46-35(28-49)7-5-11-44(46)51/h2-23,25,29H,24H2,1H3. The molecule has 0 N–H and O–H groups in total. The summed E-state index contributed by atoms with van der Waals surface area (Å²) in [7, 11) is 0. The summed E-state index contributed by atoms with van der Waals surface area (Å²) in [6.45, 7) is 2.27. The van der Waals surface area contributed by atoms with Crippen LogP contribution in [0.3, 0.4) is 0 Å². The second-order valence-electron chi connectivity index (χ2n) is 13.2.